The molecule has 0 saturated carbocycles. The van der Waals surface area contributed by atoms with Gasteiger partial charge in [-0.3, -0.25) is 4.79 Å². The minimum Gasteiger partial charge on any atom is -0.490 e. The van der Waals surface area contributed by atoms with Crippen LogP contribution in [0.2, 0.25) is 0 Å². The highest BCUT2D eigenvalue weighted by atomic mass is 19.2. The van der Waals surface area contributed by atoms with Crippen LogP contribution in [-0.4, -0.2) is 25.2 Å². The maximum atomic E-state index is 13.2. The van der Waals surface area contributed by atoms with E-state index in [-0.39, 0.29) is 11.8 Å². The van der Waals surface area contributed by atoms with E-state index in [2.05, 4.69) is 5.32 Å². The summed E-state index contributed by atoms with van der Waals surface area (Å²) in [7, 11) is 0. The monoisotopic (exact) mass is 333 g/mol. The summed E-state index contributed by atoms with van der Waals surface area (Å²) in [5, 5.41) is 2.54. The predicted octanol–water partition coefficient (Wildman–Crippen LogP) is 3.77. The number of carbonyl (C=O) groups excluding carboxylic acids is 1. The Labute approximate surface area is 138 Å². The first kappa shape index (κ1) is 16.4. The first-order chi connectivity index (χ1) is 11.6. The van der Waals surface area contributed by atoms with Crippen molar-refractivity contribution in [1.82, 2.24) is 0 Å². The molecule has 6 heteroatoms. The molecule has 0 aromatic heterocycles. The number of benzene rings is 2. The van der Waals surface area contributed by atoms with E-state index in [4.69, 9.17) is 9.47 Å². The summed E-state index contributed by atoms with van der Waals surface area (Å²) in [4.78, 5) is 12.4. The highest BCUT2D eigenvalue weighted by Gasteiger charge is 2.18. The maximum absolute atomic E-state index is 13.2. The summed E-state index contributed by atoms with van der Waals surface area (Å²) >= 11 is 0. The third kappa shape index (κ3) is 3.89. The number of carbonyl (C=O) groups is 1. The van der Waals surface area contributed by atoms with Gasteiger partial charge in [0.2, 0.25) is 0 Å². The molecule has 2 aromatic carbocycles. The quantitative estimate of drug-likeness (QED) is 0.906. The van der Waals surface area contributed by atoms with Crippen LogP contribution in [0.1, 0.15) is 23.2 Å². The van der Waals surface area contributed by atoms with E-state index in [9.17, 15) is 13.6 Å². The number of amides is 1. The van der Waals surface area contributed by atoms with Crippen LogP contribution in [0.4, 0.5) is 14.5 Å². The summed E-state index contributed by atoms with van der Waals surface area (Å²) in [5.74, 6) is -2.01. The summed E-state index contributed by atoms with van der Waals surface area (Å²) in [6.07, 6.45) is 1.97. The number of rotatable bonds is 5. The summed E-state index contributed by atoms with van der Waals surface area (Å²) in [6, 6.07) is 9.97. The van der Waals surface area contributed by atoms with Gasteiger partial charge in [-0.05, 0) is 37.1 Å². The first-order valence-corrected chi connectivity index (χ1v) is 7.73. The Morgan fingerprint density at radius 3 is 2.79 bits per heavy atom. The fraction of sp³-hybridized carbons (Fsp3) is 0.278. The first-order valence-electron chi connectivity index (χ1n) is 7.73. The number of para-hydroxylation sites is 1. The van der Waals surface area contributed by atoms with Crippen LogP contribution in [0.15, 0.2) is 42.5 Å². The second-order valence-corrected chi connectivity index (χ2v) is 5.53. The predicted molar refractivity (Wildman–Crippen MR) is 85.2 cm³/mol. The minimum absolute atomic E-state index is 0.0345. The van der Waals surface area contributed by atoms with Crippen molar-refractivity contribution in [3.63, 3.8) is 0 Å². The van der Waals surface area contributed by atoms with Crippen LogP contribution in [0, 0.1) is 11.6 Å². The number of ether oxygens (including phenoxy) is 2. The standard InChI is InChI=1S/C18H17F2NO3/c19-15-8-7-12(10-16(15)20)21-18(22)14-5-1-2-6-17(14)24-11-13-4-3-9-23-13/h1-2,5-8,10,13H,3-4,9,11H2,(H,21,22). The molecule has 1 N–H and O–H groups in total. The van der Waals surface area contributed by atoms with E-state index in [1.165, 1.54) is 6.07 Å². The van der Waals surface area contributed by atoms with E-state index in [0.717, 1.165) is 31.6 Å². The Morgan fingerprint density at radius 1 is 1.21 bits per heavy atom. The Balaban J connectivity index is 1.70. The minimum atomic E-state index is -1.02. The van der Waals surface area contributed by atoms with Crippen molar-refractivity contribution in [2.75, 3.05) is 18.5 Å². The molecular weight excluding hydrogens is 316 g/mol. The smallest absolute Gasteiger partial charge is 0.259 e. The lowest BCUT2D eigenvalue weighted by molar-refractivity contribution is 0.0673. The van der Waals surface area contributed by atoms with Crippen molar-refractivity contribution in [1.29, 1.82) is 0 Å². The highest BCUT2D eigenvalue weighted by Crippen LogP contribution is 2.22. The molecule has 0 bridgehead atoms. The molecule has 1 fully saturated rings. The van der Waals surface area contributed by atoms with Crippen molar-refractivity contribution in [3.8, 4) is 5.75 Å². The maximum Gasteiger partial charge on any atom is 0.259 e. The van der Waals surface area contributed by atoms with Crippen molar-refractivity contribution in [2.24, 2.45) is 0 Å². The molecule has 3 rings (SSSR count). The van der Waals surface area contributed by atoms with Crippen LogP contribution >= 0.6 is 0 Å². The molecule has 126 valence electrons. The normalized spacial score (nSPS) is 16.8. The molecule has 1 aliphatic rings. The van der Waals surface area contributed by atoms with E-state index in [1.54, 1.807) is 24.3 Å². The highest BCUT2D eigenvalue weighted by molar-refractivity contribution is 6.06. The molecule has 0 radical (unpaired) electrons. The second kappa shape index (κ2) is 7.40. The number of anilines is 1. The molecule has 0 spiro atoms. The third-order valence-corrected chi connectivity index (χ3v) is 3.76. The molecule has 2 aromatic rings. The van der Waals surface area contributed by atoms with Gasteiger partial charge in [-0.15, -0.1) is 0 Å². The number of hydrogen-bond donors (Lipinski definition) is 1. The molecule has 1 amide bonds. The fourth-order valence-corrected chi connectivity index (χ4v) is 2.51. The van der Waals surface area contributed by atoms with Gasteiger partial charge in [0.05, 0.1) is 11.7 Å². The Morgan fingerprint density at radius 2 is 2.04 bits per heavy atom. The molecule has 4 nitrogen and oxygen atoms in total. The average molecular weight is 333 g/mol. The van der Waals surface area contributed by atoms with Gasteiger partial charge < -0.3 is 14.8 Å². The zero-order chi connectivity index (χ0) is 16.9. The van der Waals surface area contributed by atoms with Gasteiger partial charge in [0.15, 0.2) is 11.6 Å². The van der Waals surface area contributed by atoms with Gasteiger partial charge in [-0.2, -0.15) is 0 Å². The Bertz CT molecular complexity index is 730. The van der Waals surface area contributed by atoms with E-state index in [1.807, 2.05) is 0 Å². The molecule has 1 unspecified atom stereocenters. The summed E-state index contributed by atoms with van der Waals surface area (Å²) in [5.41, 5.74) is 0.494. The van der Waals surface area contributed by atoms with E-state index < -0.39 is 17.5 Å². The topological polar surface area (TPSA) is 47.6 Å². The van der Waals surface area contributed by atoms with Gasteiger partial charge in [-0.1, -0.05) is 12.1 Å². The zero-order valence-corrected chi connectivity index (χ0v) is 12.9. The van der Waals surface area contributed by atoms with Crippen molar-refractivity contribution >= 4 is 11.6 Å². The molecule has 0 aliphatic carbocycles. The van der Waals surface area contributed by atoms with Crippen molar-refractivity contribution in [2.45, 2.75) is 18.9 Å². The third-order valence-electron chi connectivity index (χ3n) is 3.76. The van der Waals surface area contributed by atoms with E-state index >= 15 is 0 Å². The SMILES string of the molecule is O=C(Nc1ccc(F)c(F)c1)c1ccccc1OCC1CCCO1. The Hall–Kier alpha value is -2.47. The van der Waals surface area contributed by atoms with Crippen molar-refractivity contribution in [3.05, 3.63) is 59.7 Å². The summed E-state index contributed by atoms with van der Waals surface area (Å²) in [6.45, 7) is 1.10. The van der Waals surface area contributed by atoms with Crippen LogP contribution in [-0.2, 0) is 4.74 Å². The van der Waals surface area contributed by atoms with Crippen molar-refractivity contribution < 1.29 is 23.0 Å². The molecular formula is C18H17F2NO3. The molecule has 1 saturated heterocycles. The van der Waals surface area contributed by atoms with Gasteiger partial charge in [0.25, 0.3) is 5.91 Å². The van der Waals surface area contributed by atoms with Gasteiger partial charge in [0.1, 0.15) is 12.4 Å². The van der Waals surface area contributed by atoms with Gasteiger partial charge >= 0.3 is 0 Å². The number of halogens is 2. The molecule has 24 heavy (non-hydrogen) atoms. The van der Waals surface area contributed by atoms with Gasteiger partial charge in [-0.25, -0.2) is 8.78 Å². The number of hydrogen-bond acceptors (Lipinski definition) is 3. The van der Waals surface area contributed by atoms with Crippen LogP contribution in [0.5, 0.6) is 5.75 Å². The van der Waals surface area contributed by atoms with E-state index in [0.29, 0.717) is 17.9 Å². The lowest BCUT2D eigenvalue weighted by Crippen LogP contribution is -2.19. The number of nitrogens with one attached hydrogen (secondary N) is 1. The zero-order valence-electron chi connectivity index (χ0n) is 12.9. The second-order valence-electron chi connectivity index (χ2n) is 5.53. The lowest BCUT2D eigenvalue weighted by Gasteiger charge is -2.14. The van der Waals surface area contributed by atoms with Crippen LogP contribution < -0.4 is 10.1 Å². The molecule has 1 heterocycles. The largest absolute Gasteiger partial charge is 0.490 e. The average Bonchev–Trinajstić information content (AvgIpc) is 3.10. The summed E-state index contributed by atoms with van der Waals surface area (Å²) < 4.78 is 37.4. The fourth-order valence-electron chi connectivity index (χ4n) is 2.51. The van der Waals surface area contributed by atoms with Crippen LogP contribution in [0.25, 0.3) is 0 Å². The molecule has 1 aliphatic heterocycles. The Kier molecular flexibility index (Phi) is 5.05. The van der Waals surface area contributed by atoms with Crippen LogP contribution in [0.3, 0.4) is 0 Å². The van der Waals surface area contributed by atoms with Gasteiger partial charge in [0, 0.05) is 18.4 Å². The molecule has 1 atom stereocenters. The lowest BCUT2D eigenvalue weighted by atomic mass is 10.1.